The molecule has 2 rings (SSSR count). The van der Waals surface area contributed by atoms with Gasteiger partial charge in [0.2, 0.25) is 0 Å². The summed E-state index contributed by atoms with van der Waals surface area (Å²) < 4.78 is 1.08. The summed E-state index contributed by atoms with van der Waals surface area (Å²) in [6.45, 7) is 0.737. The predicted octanol–water partition coefficient (Wildman–Crippen LogP) is 4.93. The first-order valence-corrected chi connectivity index (χ1v) is 7.65. The van der Waals surface area contributed by atoms with Crippen LogP contribution in [0, 0.1) is 0 Å². The van der Waals surface area contributed by atoms with Crippen LogP contribution in [0.2, 0.25) is 5.02 Å². The van der Waals surface area contributed by atoms with Crippen molar-refractivity contribution in [3.05, 3.63) is 63.6 Å². The third kappa shape index (κ3) is 4.20. The maximum Gasteiger partial charge on any atom is 0.173 e. The van der Waals surface area contributed by atoms with Gasteiger partial charge in [-0.25, -0.2) is 0 Å². The van der Waals surface area contributed by atoms with E-state index in [2.05, 4.69) is 27.3 Å². The average Bonchev–Trinajstić information content (AvgIpc) is 2.44. The van der Waals surface area contributed by atoms with Crippen molar-refractivity contribution in [2.75, 3.05) is 12.4 Å². The summed E-state index contributed by atoms with van der Waals surface area (Å²) in [6.07, 6.45) is 0. The van der Waals surface area contributed by atoms with Crippen LogP contribution >= 0.6 is 39.7 Å². The topological polar surface area (TPSA) is 15.3 Å². The molecular formula is C15H14BrClN2S. The lowest BCUT2D eigenvalue weighted by Crippen LogP contribution is -2.30. The molecule has 0 saturated carbocycles. The van der Waals surface area contributed by atoms with E-state index < -0.39 is 0 Å². The SMILES string of the molecule is CN(Cc1ccccc1Br)C(=S)Nc1ccc(Cl)cc1. The highest BCUT2D eigenvalue weighted by Crippen LogP contribution is 2.18. The fourth-order valence-electron chi connectivity index (χ4n) is 1.71. The molecule has 0 amide bonds. The van der Waals surface area contributed by atoms with Crippen LogP contribution < -0.4 is 5.32 Å². The highest BCUT2D eigenvalue weighted by atomic mass is 79.9. The normalized spacial score (nSPS) is 10.2. The Morgan fingerprint density at radius 1 is 1.20 bits per heavy atom. The fraction of sp³-hybridized carbons (Fsp3) is 0.133. The lowest BCUT2D eigenvalue weighted by Gasteiger charge is -2.21. The van der Waals surface area contributed by atoms with E-state index in [0.717, 1.165) is 16.7 Å². The third-order valence-corrected chi connectivity index (χ3v) is 4.25. The van der Waals surface area contributed by atoms with Gasteiger partial charge in [0.15, 0.2) is 5.11 Å². The molecule has 1 N–H and O–H groups in total. The molecule has 0 aliphatic carbocycles. The number of nitrogens with zero attached hydrogens (tertiary/aromatic N) is 1. The number of thiocarbonyl (C=S) groups is 1. The first kappa shape index (κ1) is 15.3. The molecule has 2 aromatic carbocycles. The van der Waals surface area contributed by atoms with Gasteiger partial charge >= 0.3 is 0 Å². The van der Waals surface area contributed by atoms with Crippen molar-refractivity contribution >= 4 is 50.5 Å². The van der Waals surface area contributed by atoms with Gasteiger partial charge in [0, 0.05) is 28.8 Å². The second kappa shape index (κ2) is 7.07. The van der Waals surface area contributed by atoms with Crippen molar-refractivity contribution < 1.29 is 0 Å². The Morgan fingerprint density at radius 2 is 1.85 bits per heavy atom. The molecule has 0 heterocycles. The van der Waals surface area contributed by atoms with Gasteiger partial charge in [-0.2, -0.15) is 0 Å². The molecule has 0 aliphatic rings. The number of anilines is 1. The Balaban J connectivity index is 1.99. The van der Waals surface area contributed by atoms with Crippen LogP contribution in [0.5, 0.6) is 0 Å². The molecule has 5 heteroatoms. The molecule has 2 nitrogen and oxygen atoms in total. The minimum Gasteiger partial charge on any atom is -0.348 e. The summed E-state index contributed by atoms with van der Waals surface area (Å²) in [7, 11) is 1.96. The second-order valence-corrected chi connectivity index (χ2v) is 6.06. The molecule has 0 unspecified atom stereocenters. The first-order chi connectivity index (χ1) is 9.56. The number of nitrogens with one attached hydrogen (secondary N) is 1. The highest BCUT2D eigenvalue weighted by molar-refractivity contribution is 9.10. The Kier molecular flexibility index (Phi) is 5.40. The molecule has 0 fully saturated rings. The highest BCUT2D eigenvalue weighted by Gasteiger charge is 2.07. The molecule has 0 atom stereocenters. The average molecular weight is 370 g/mol. The van der Waals surface area contributed by atoms with E-state index in [1.54, 1.807) is 0 Å². The van der Waals surface area contributed by atoms with Crippen molar-refractivity contribution in [2.24, 2.45) is 0 Å². The van der Waals surface area contributed by atoms with Crippen LogP contribution in [0.3, 0.4) is 0 Å². The minimum absolute atomic E-state index is 0.670. The van der Waals surface area contributed by atoms with E-state index >= 15 is 0 Å². The van der Waals surface area contributed by atoms with Gasteiger partial charge < -0.3 is 10.2 Å². The lowest BCUT2D eigenvalue weighted by molar-refractivity contribution is 0.507. The third-order valence-electron chi connectivity index (χ3n) is 2.81. The number of benzene rings is 2. The molecular weight excluding hydrogens is 356 g/mol. The Bertz CT molecular complexity index is 601. The van der Waals surface area contributed by atoms with Crippen molar-refractivity contribution in [2.45, 2.75) is 6.54 Å². The Labute approximate surface area is 137 Å². The number of rotatable bonds is 3. The van der Waals surface area contributed by atoms with Crippen molar-refractivity contribution in [1.29, 1.82) is 0 Å². The van der Waals surface area contributed by atoms with Crippen molar-refractivity contribution in [1.82, 2.24) is 4.90 Å². The van der Waals surface area contributed by atoms with E-state index in [1.165, 1.54) is 5.56 Å². The van der Waals surface area contributed by atoms with Crippen LogP contribution in [-0.2, 0) is 6.54 Å². The van der Waals surface area contributed by atoms with Crippen molar-refractivity contribution in [3.8, 4) is 0 Å². The van der Waals surface area contributed by atoms with Crippen molar-refractivity contribution in [3.63, 3.8) is 0 Å². The lowest BCUT2D eigenvalue weighted by atomic mass is 10.2. The molecule has 0 spiro atoms. The quantitative estimate of drug-likeness (QED) is 0.772. The number of halogens is 2. The number of hydrogen-bond donors (Lipinski definition) is 1. The summed E-state index contributed by atoms with van der Waals surface area (Å²) in [5, 5.41) is 4.57. The molecule has 0 bridgehead atoms. The Morgan fingerprint density at radius 3 is 2.50 bits per heavy atom. The summed E-state index contributed by atoms with van der Waals surface area (Å²) in [4.78, 5) is 1.99. The first-order valence-electron chi connectivity index (χ1n) is 6.07. The summed E-state index contributed by atoms with van der Waals surface area (Å²) in [5.41, 5.74) is 2.12. The molecule has 104 valence electrons. The predicted molar refractivity (Wildman–Crippen MR) is 93.3 cm³/mol. The molecule has 2 aromatic rings. The summed E-state index contributed by atoms with van der Waals surface area (Å²) in [5.74, 6) is 0. The van der Waals surface area contributed by atoms with E-state index in [4.69, 9.17) is 23.8 Å². The van der Waals surface area contributed by atoms with E-state index in [1.807, 2.05) is 54.4 Å². The van der Waals surface area contributed by atoms with Crippen LogP contribution in [0.15, 0.2) is 53.0 Å². The van der Waals surface area contributed by atoms with Gasteiger partial charge in [-0.3, -0.25) is 0 Å². The zero-order valence-electron chi connectivity index (χ0n) is 10.9. The van der Waals surface area contributed by atoms with Crippen LogP contribution in [0.1, 0.15) is 5.56 Å². The summed E-state index contributed by atoms with van der Waals surface area (Å²) in [6, 6.07) is 15.6. The molecule has 20 heavy (non-hydrogen) atoms. The minimum atomic E-state index is 0.670. The monoisotopic (exact) mass is 368 g/mol. The largest absolute Gasteiger partial charge is 0.348 e. The Hall–Kier alpha value is -1.10. The van der Waals surface area contributed by atoms with E-state index in [-0.39, 0.29) is 0 Å². The molecule has 0 aliphatic heterocycles. The molecule has 0 radical (unpaired) electrons. The summed E-state index contributed by atoms with van der Waals surface area (Å²) >= 11 is 14.8. The smallest absolute Gasteiger partial charge is 0.173 e. The molecule has 0 aromatic heterocycles. The van der Waals surface area contributed by atoms with Crippen LogP contribution in [0.25, 0.3) is 0 Å². The maximum absolute atomic E-state index is 5.86. The van der Waals surface area contributed by atoms with Gasteiger partial charge in [-0.1, -0.05) is 45.7 Å². The van der Waals surface area contributed by atoms with Gasteiger partial charge in [0.1, 0.15) is 0 Å². The van der Waals surface area contributed by atoms with E-state index in [9.17, 15) is 0 Å². The zero-order valence-corrected chi connectivity index (χ0v) is 14.1. The van der Waals surface area contributed by atoms with Crippen LogP contribution in [-0.4, -0.2) is 17.1 Å². The fourth-order valence-corrected chi connectivity index (χ4v) is 2.42. The van der Waals surface area contributed by atoms with Gasteiger partial charge in [0.05, 0.1) is 0 Å². The van der Waals surface area contributed by atoms with Crippen LogP contribution in [0.4, 0.5) is 5.69 Å². The van der Waals surface area contributed by atoms with Gasteiger partial charge in [-0.15, -0.1) is 0 Å². The zero-order chi connectivity index (χ0) is 14.5. The van der Waals surface area contributed by atoms with Gasteiger partial charge in [0.25, 0.3) is 0 Å². The van der Waals surface area contributed by atoms with Gasteiger partial charge in [-0.05, 0) is 48.1 Å². The maximum atomic E-state index is 5.86. The molecule has 0 saturated heterocycles. The number of hydrogen-bond acceptors (Lipinski definition) is 1. The van der Waals surface area contributed by atoms with E-state index in [0.29, 0.717) is 10.1 Å². The second-order valence-electron chi connectivity index (χ2n) is 4.38. The standard InChI is InChI=1S/C15H14BrClN2S/c1-19(10-11-4-2-3-5-14(11)16)15(20)18-13-8-6-12(17)7-9-13/h2-9H,10H2,1H3,(H,18,20).